The summed E-state index contributed by atoms with van der Waals surface area (Å²) in [6.07, 6.45) is 0.768. The molecule has 29 heavy (non-hydrogen) atoms. The van der Waals surface area contributed by atoms with E-state index < -0.39 is 0 Å². The van der Waals surface area contributed by atoms with Crippen molar-refractivity contribution in [1.82, 2.24) is 10.7 Å². The molecular weight excluding hydrogens is 485 g/mol. The molecule has 0 unspecified atom stereocenters. The van der Waals surface area contributed by atoms with Crippen LogP contribution in [0, 0.1) is 3.57 Å². The van der Waals surface area contributed by atoms with E-state index in [2.05, 4.69) is 38.4 Å². The van der Waals surface area contributed by atoms with Crippen molar-refractivity contribution >= 4 is 40.1 Å². The quantitative estimate of drug-likeness (QED) is 0.309. The third-order valence-corrected chi connectivity index (χ3v) is 4.71. The van der Waals surface area contributed by atoms with Crippen LogP contribution < -0.4 is 20.2 Å². The van der Waals surface area contributed by atoms with Crippen LogP contribution in [0.5, 0.6) is 11.5 Å². The predicted octanol–water partition coefficient (Wildman–Crippen LogP) is 3.16. The zero-order valence-corrected chi connectivity index (χ0v) is 18.8. The van der Waals surface area contributed by atoms with Crippen molar-refractivity contribution in [2.75, 3.05) is 20.8 Å². The molecule has 7 nitrogen and oxygen atoms in total. The molecule has 2 aromatic carbocycles. The number of nitrogens with zero attached hydrogens (tertiary/aromatic N) is 1. The molecule has 8 heteroatoms. The number of hydrogen-bond acceptors (Lipinski definition) is 5. The molecule has 0 saturated heterocycles. The number of methoxy groups -OCH3 is 2. The fraction of sp³-hybridized carbons (Fsp3) is 0.286. The highest BCUT2D eigenvalue weighted by atomic mass is 127. The van der Waals surface area contributed by atoms with Gasteiger partial charge in [-0.25, -0.2) is 5.43 Å². The highest BCUT2D eigenvalue weighted by molar-refractivity contribution is 14.1. The molecule has 0 radical (unpaired) electrons. The lowest BCUT2D eigenvalue weighted by molar-refractivity contribution is -0.119. The molecule has 0 atom stereocenters. The maximum Gasteiger partial charge on any atom is 0.271 e. The largest absolute Gasteiger partial charge is 0.493 e. The van der Waals surface area contributed by atoms with E-state index in [1.165, 1.54) is 0 Å². The third-order valence-electron chi connectivity index (χ3n) is 4.04. The van der Waals surface area contributed by atoms with E-state index in [1.807, 2.05) is 24.3 Å². The van der Waals surface area contributed by atoms with Crippen molar-refractivity contribution < 1.29 is 19.1 Å². The fourth-order valence-corrected chi connectivity index (χ4v) is 3.10. The van der Waals surface area contributed by atoms with Gasteiger partial charge in [0.2, 0.25) is 5.91 Å². The van der Waals surface area contributed by atoms with Crippen LogP contribution in [0.1, 0.15) is 29.3 Å². The lowest BCUT2D eigenvalue weighted by Gasteiger charge is -2.10. The summed E-state index contributed by atoms with van der Waals surface area (Å²) in [6.45, 7) is 2.18. The highest BCUT2D eigenvalue weighted by Crippen LogP contribution is 2.27. The molecule has 2 amide bonds. The lowest BCUT2D eigenvalue weighted by Crippen LogP contribution is -2.28. The highest BCUT2D eigenvalue weighted by Gasteiger charge is 2.08. The van der Waals surface area contributed by atoms with Gasteiger partial charge in [0.25, 0.3) is 5.91 Å². The van der Waals surface area contributed by atoms with Crippen LogP contribution in [-0.4, -0.2) is 38.3 Å². The smallest absolute Gasteiger partial charge is 0.271 e. The van der Waals surface area contributed by atoms with Crippen LogP contribution in [0.4, 0.5) is 0 Å². The number of carbonyl (C=O) groups is 2. The Balaban J connectivity index is 1.78. The summed E-state index contributed by atoms with van der Waals surface area (Å²) in [4.78, 5) is 24.1. The molecule has 2 aromatic rings. The van der Waals surface area contributed by atoms with Gasteiger partial charge in [-0.3, -0.25) is 9.59 Å². The number of carbonyl (C=O) groups excluding carboxylic acids is 2. The Labute approximate surface area is 184 Å². The van der Waals surface area contributed by atoms with Gasteiger partial charge in [0, 0.05) is 21.4 Å². The first kappa shape index (κ1) is 22.7. The molecule has 0 heterocycles. The van der Waals surface area contributed by atoms with Gasteiger partial charge >= 0.3 is 0 Å². The average molecular weight is 509 g/mol. The first-order valence-corrected chi connectivity index (χ1v) is 10.1. The minimum atomic E-state index is -0.309. The number of nitrogens with one attached hydrogen (secondary N) is 2. The average Bonchev–Trinajstić information content (AvgIpc) is 2.71. The number of rotatable bonds is 9. The summed E-state index contributed by atoms with van der Waals surface area (Å²) in [5, 5.41) is 6.85. The summed E-state index contributed by atoms with van der Waals surface area (Å²) in [6, 6.07) is 12.8. The summed E-state index contributed by atoms with van der Waals surface area (Å²) < 4.78 is 11.5. The lowest BCUT2D eigenvalue weighted by atomic mass is 10.1. The topological polar surface area (TPSA) is 89.0 Å². The summed E-state index contributed by atoms with van der Waals surface area (Å²) in [5.74, 6) is 0.856. The number of amides is 2. The summed E-state index contributed by atoms with van der Waals surface area (Å²) in [5.41, 5.74) is 4.54. The van der Waals surface area contributed by atoms with E-state index in [0.29, 0.717) is 35.7 Å². The van der Waals surface area contributed by atoms with E-state index in [4.69, 9.17) is 9.47 Å². The van der Waals surface area contributed by atoms with Crippen LogP contribution in [0.2, 0.25) is 0 Å². The van der Waals surface area contributed by atoms with Crippen LogP contribution in [0.15, 0.2) is 47.6 Å². The van der Waals surface area contributed by atoms with Crippen molar-refractivity contribution in [3.8, 4) is 11.5 Å². The van der Waals surface area contributed by atoms with E-state index in [9.17, 15) is 9.59 Å². The van der Waals surface area contributed by atoms with E-state index >= 15 is 0 Å². The molecule has 154 valence electrons. The Morgan fingerprint density at radius 3 is 2.52 bits per heavy atom. The monoisotopic (exact) mass is 509 g/mol. The first-order valence-electron chi connectivity index (χ1n) is 8.99. The summed E-state index contributed by atoms with van der Waals surface area (Å²) >= 11 is 2.14. The number of halogens is 1. The van der Waals surface area contributed by atoms with E-state index in [-0.39, 0.29) is 18.2 Å². The molecule has 2 rings (SSSR count). The number of hydrazone groups is 1. The SMILES string of the molecule is COc1ccc(CCNC(=O)C/C(C)=N/NC(=O)c2cccc(I)c2)cc1OC. The number of ether oxygens (including phenoxy) is 2. The van der Waals surface area contributed by atoms with Crippen LogP contribution >= 0.6 is 22.6 Å². The Morgan fingerprint density at radius 2 is 1.83 bits per heavy atom. The van der Waals surface area contributed by atoms with Gasteiger partial charge in [-0.15, -0.1) is 0 Å². The van der Waals surface area contributed by atoms with Gasteiger partial charge in [-0.1, -0.05) is 12.1 Å². The van der Waals surface area contributed by atoms with E-state index in [0.717, 1.165) is 9.13 Å². The van der Waals surface area contributed by atoms with Gasteiger partial charge in [0.15, 0.2) is 11.5 Å². The molecule has 0 bridgehead atoms. The minimum absolute atomic E-state index is 0.110. The van der Waals surface area contributed by atoms with Crippen molar-refractivity contribution in [2.24, 2.45) is 5.10 Å². The Hall–Kier alpha value is -2.62. The maximum atomic E-state index is 12.1. The van der Waals surface area contributed by atoms with Gasteiger partial charge < -0.3 is 14.8 Å². The zero-order chi connectivity index (χ0) is 21.2. The molecule has 2 N–H and O–H groups in total. The standard InChI is InChI=1S/C21H24IN3O4/c1-14(24-25-21(27)16-5-4-6-17(22)13-16)11-20(26)23-10-9-15-7-8-18(28-2)19(12-15)29-3/h4-8,12-13H,9-11H2,1-3H3,(H,23,26)(H,25,27)/b24-14+. The minimum Gasteiger partial charge on any atom is -0.493 e. The predicted molar refractivity (Wildman–Crippen MR) is 121 cm³/mol. The number of benzene rings is 2. The summed E-state index contributed by atoms with van der Waals surface area (Å²) in [7, 11) is 3.17. The molecule has 0 fully saturated rings. The maximum absolute atomic E-state index is 12.1. The van der Waals surface area contributed by atoms with Gasteiger partial charge in [-0.05, 0) is 71.8 Å². The van der Waals surface area contributed by atoms with Crippen molar-refractivity contribution in [3.05, 3.63) is 57.2 Å². The Morgan fingerprint density at radius 1 is 1.07 bits per heavy atom. The van der Waals surface area contributed by atoms with Crippen molar-refractivity contribution in [2.45, 2.75) is 19.8 Å². The van der Waals surface area contributed by atoms with Gasteiger partial charge in [0.1, 0.15) is 0 Å². The second-order valence-corrected chi connectivity index (χ2v) is 7.51. The molecule has 0 aliphatic heterocycles. The molecular formula is C21H24IN3O4. The van der Waals surface area contributed by atoms with Gasteiger partial charge in [0.05, 0.1) is 20.6 Å². The molecule has 0 spiro atoms. The second kappa shape index (κ2) is 11.4. The molecule has 0 aliphatic rings. The molecule has 0 aliphatic carbocycles. The second-order valence-electron chi connectivity index (χ2n) is 6.26. The van der Waals surface area contributed by atoms with Crippen LogP contribution in [-0.2, 0) is 11.2 Å². The normalized spacial score (nSPS) is 11.0. The molecule has 0 aromatic heterocycles. The fourth-order valence-electron chi connectivity index (χ4n) is 2.56. The Bertz CT molecular complexity index is 899. The third kappa shape index (κ3) is 7.37. The van der Waals surface area contributed by atoms with Crippen molar-refractivity contribution in [3.63, 3.8) is 0 Å². The van der Waals surface area contributed by atoms with E-state index in [1.54, 1.807) is 39.3 Å². The Kier molecular flexibility index (Phi) is 8.91. The zero-order valence-electron chi connectivity index (χ0n) is 16.6. The van der Waals surface area contributed by atoms with Crippen LogP contribution in [0.25, 0.3) is 0 Å². The van der Waals surface area contributed by atoms with Crippen molar-refractivity contribution in [1.29, 1.82) is 0 Å². The van der Waals surface area contributed by atoms with Crippen LogP contribution in [0.3, 0.4) is 0 Å². The number of hydrogen-bond donors (Lipinski definition) is 2. The molecule has 0 saturated carbocycles. The van der Waals surface area contributed by atoms with Gasteiger partial charge in [-0.2, -0.15) is 5.10 Å². The first-order chi connectivity index (χ1) is 13.9.